The van der Waals surface area contributed by atoms with Gasteiger partial charge in [0.25, 0.3) is 5.91 Å². The highest BCUT2D eigenvalue weighted by Gasteiger charge is 2.22. The van der Waals surface area contributed by atoms with Crippen LogP contribution in [0.3, 0.4) is 0 Å². The topological polar surface area (TPSA) is 45.7 Å². The smallest absolute Gasteiger partial charge is 0.260 e. The minimum atomic E-state index is -0.360. The summed E-state index contributed by atoms with van der Waals surface area (Å²) < 4.78 is 20.3. The van der Waals surface area contributed by atoms with Crippen molar-refractivity contribution in [3.05, 3.63) is 59.4 Å². The van der Waals surface area contributed by atoms with E-state index in [0.717, 1.165) is 49.5 Å². The number of carbonyl (C=O) groups is 1. The van der Waals surface area contributed by atoms with E-state index in [0.29, 0.717) is 22.8 Å². The molecule has 2 aromatic carbocycles. The molecule has 30 heavy (non-hydrogen) atoms. The van der Waals surface area contributed by atoms with E-state index < -0.39 is 0 Å². The van der Waals surface area contributed by atoms with E-state index in [-0.39, 0.29) is 24.1 Å². The van der Waals surface area contributed by atoms with Gasteiger partial charge in [-0.1, -0.05) is 35.1 Å². The average molecular weight is 450 g/mol. The van der Waals surface area contributed by atoms with Crippen LogP contribution in [0.5, 0.6) is 0 Å². The number of hydrogen-bond acceptors (Lipinski definition) is 5. The van der Waals surface area contributed by atoms with Gasteiger partial charge in [-0.2, -0.15) is 0 Å². The number of carbonyl (C=O) groups excluding carboxylic acids is 1. The molecule has 2 heterocycles. The lowest BCUT2D eigenvalue weighted by Crippen LogP contribution is -2.39. The zero-order valence-corrected chi connectivity index (χ0v) is 18.5. The number of amides is 1. The van der Waals surface area contributed by atoms with E-state index in [2.05, 4.69) is 9.88 Å². The number of halogens is 2. The van der Waals surface area contributed by atoms with Crippen molar-refractivity contribution in [1.82, 2.24) is 9.88 Å². The summed E-state index contributed by atoms with van der Waals surface area (Å²) >= 11 is 1.35. The minimum absolute atomic E-state index is 0. The van der Waals surface area contributed by atoms with E-state index in [4.69, 9.17) is 4.74 Å². The first-order valence-electron chi connectivity index (χ1n) is 9.85. The quantitative estimate of drug-likeness (QED) is 0.554. The van der Waals surface area contributed by atoms with E-state index in [1.165, 1.54) is 17.4 Å². The number of para-hydroxylation sites is 1. The van der Waals surface area contributed by atoms with Crippen molar-refractivity contribution in [2.45, 2.75) is 13.3 Å². The molecule has 0 unspecified atom stereocenters. The number of aryl methyl sites for hydroxylation is 1. The molecule has 0 aliphatic carbocycles. The molecule has 0 N–H and O–H groups in total. The standard InChI is InChI=1S/C22H24FN3O2S.ClH/c1-16-6-8-17(9-7-16)21(27)26(11-3-10-25-12-14-28-15-13-25)22-24-20-18(23)4-2-5-19(20)29-22;/h2,4-9H,3,10-15H2,1H3;1H. The van der Waals surface area contributed by atoms with Crippen molar-refractivity contribution in [2.24, 2.45) is 0 Å². The molecule has 1 aliphatic rings. The number of hydrogen-bond donors (Lipinski definition) is 0. The monoisotopic (exact) mass is 449 g/mol. The predicted molar refractivity (Wildman–Crippen MR) is 122 cm³/mol. The second-order valence-corrected chi connectivity index (χ2v) is 8.22. The zero-order chi connectivity index (χ0) is 20.2. The van der Waals surface area contributed by atoms with Crippen molar-refractivity contribution >= 4 is 45.0 Å². The Bertz CT molecular complexity index is 990. The Morgan fingerprint density at radius 2 is 1.93 bits per heavy atom. The summed E-state index contributed by atoms with van der Waals surface area (Å²) in [4.78, 5) is 21.8. The summed E-state index contributed by atoms with van der Waals surface area (Å²) in [6.07, 6.45) is 0.815. The van der Waals surface area contributed by atoms with Crippen LogP contribution >= 0.6 is 23.7 Å². The SMILES string of the molecule is Cc1ccc(C(=O)N(CCCN2CCOCC2)c2nc3c(F)cccc3s2)cc1.Cl. The van der Waals surface area contributed by atoms with Crippen LogP contribution in [0, 0.1) is 12.7 Å². The molecule has 0 radical (unpaired) electrons. The van der Waals surface area contributed by atoms with Crippen molar-refractivity contribution in [3.63, 3.8) is 0 Å². The lowest BCUT2D eigenvalue weighted by atomic mass is 10.1. The van der Waals surface area contributed by atoms with Gasteiger partial charge in [-0.05, 0) is 37.6 Å². The second-order valence-electron chi connectivity index (χ2n) is 7.21. The maximum atomic E-state index is 14.1. The molecule has 8 heteroatoms. The van der Waals surface area contributed by atoms with Gasteiger partial charge in [0, 0.05) is 31.7 Å². The molecule has 0 saturated carbocycles. The van der Waals surface area contributed by atoms with Gasteiger partial charge in [-0.15, -0.1) is 12.4 Å². The summed E-state index contributed by atoms with van der Waals surface area (Å²) in [6, 6.07) is 12.4. The lowest BCUT2D eigenvalue weighted by Gasteiger charge is -2.27. The first-order chi connectivity index (χ1) is 14.1. The maximum Gasteiger partial charge on any atom is 0.260 e. The number of rotatable bonds is 6. The number of anilines is 1. The fourth-order valence-corrected chi connectivity index (χ4v) is 4.44. The van der Waals surface area contributed by atoms with Gasteiger partial charge in [0.1, 0.15) is 11.3 Å². The molecular formula is C22H25ClFN3O2S. The van der Waals surface area contributed by atoms with E-state index in [9.17, 15) is 9.18 Å². The van der Waals surface area contributed by atoms with Crippen LogP contribution in [0.15, 0.2) is 42.5 Å². The van der Waals surface area contributed by atoms with Crippen molar-refractivity contribution < 1.29 is 13.9 Å². The van der Waals surface area contributed by atoms with Crippen LogP contribution in [0.1, 0.15) is 22.3 Å². The fraction of sp³-hybridized carbons (Fsp3) is 0.364. The molecular weight excluding hydrogens is 425 g/mol. The van der Waals surface area contributed by atoms with Gasteiger partial charge >= 0.3 is 0 Å². The van der Waals surface area contributed by atoms with Crippen LogP contribution in [0.25, 0.3) is 10.2 Å². The zero-order valence-electron chi connectivity index (χ0n) is 16.8. The highest BCUT2D eigenvalue weighted by molar-refractivity contribution is 7.22. The Hall–Kier alpha value is -2.06. The molecule has 1 amide bonds. The second kappa shape index (κ2) is 10.3. The molecule has 160 valence electrons. The molecule has 5 nitrogen and oxygen atoms in total. The fourth-order valence-electron chi connectivity index (χ4n) is 3.43. The highest BCUT2D eigenvalue weighted by Crippen LogP contribution is 2.31. The summed E-state index contributed by atoms with van der Waals surface area (Å²) in [5.41, 5.74) is 2.03. The molecule has 1 saturated heterocycles. The average Bonchev–Trinajstić information content (AvgIpc) is 3.17. The molecule has 0 bridgehead atoms. The first-order valence-corrected chi connectivity index (χ1v) is 10.7. The molecule has 4 rings (SSSR count). The third-order valence-electron chi connectivity index (χ3n) is 5.09. The number of fused-ring (bicyclic) bond motifs is 1. The largest absolute Gasteiger partial charge is 0.379 e. The van der Waals surface area contributed by atoms with Gasteiger partial charge in [0.2, 0.25) is 0 Å². The lowest BCUT2D eigenvalue weighted by molar-refractivity contribution is 0.0376. The molecule has 1 fully saturated rings. The summed E-state index contributed by atoms with van der Waals surface area (Å²) in [7, 11) is 0. The third-order valence-corrected chi connectivity index (χ3v) is 6.14. The van der Waals surface area contributed by atoms with Gasteiger partial charge in [0.05, 0.1) is 17.9 Å². The molecule has 0 atom stereocenters. The van der Waals surface area contributed by atoms with Gasteiger partial charge in [-0.25, -0.2) is 9.37 Å². The maximum absolute atomic E-state index is 14.1. The Morgan fingerprint density at radius 1 is 1.20 bits per heavy atom. The van der Waals surface area contributed by atoms with Crippen molar-refractivity contribution in [1.29, 1.82) is 0 Å². The van der Waals surface area contributed by atoms with Gasteiger partial charge in [-0.3, -0.25) is 14.6 Å². The van der Waals surface area contributed by atoms with Crippen molar-refractivity contribution in [3.8, 4) is 0 Å². The number of ether oxygens (including phenoxy) is 1. The molecule has 3 aromatic rings. The van der Waals surface area contributed by atoms with Crippen LogP contribution in [0.4, 0.5) is 9.52 Å². The van der Waals surface area contributed by atoms with Crippen molar-refractivity contribution in [2.75, 3.05) is 44.3 Å². The Labute approximate surface area is 185 Å². The van der Waals surface area contributed by atoms with E-state index in [1.54, 1.807) is 11.0 Å². The Balaban J connectivity index is 0.00000256. The number of thiazole rings is 1. The Kier molecular flexibility index (Phi) is 7.77. The Morgan fingerprint density at radius 3 is 2.63 bits per heavy atom. The van der Waals surface area contributed by atoms with E-state index >= 15 is 0 Å². The number of nitrogens with zero attached hydrogens (tertiary/aromatic N) is 3. The predicted octanol–water partition coefficient (Wildman–Crippen LogP) is 4.53. The minimum Gasteiger partial charge on any atom is -0.379 e. The van der Waals surface area contributed by atoms with Crippen LogP contribution in [-0.4, -0.2) is 55.2 Å². The molecule has 1 aromatic heterocycles. The van der Waals surface area contributed by atoms with Gasteiger partial charge in [0.15, 0.2) is 5.13 Å². The number of morpholine rings is 1. The summed E-state index contributed by atoms with van der Waals surface area (Å²) in [5, 5.41) is 0.539. The molecule has 1 aliphatic heterocycles. The normalized spacial score (nSPS) is 14.5. The number of benzene rings is 2. The first kappa shape index (κ1) is 22.6. The third kappa shape index (κ3) is 5.16. The van der Waals surface area contributed by atoms with Crippen LogP contribution < -0.4 is 4.90 Å². The number of aromatic nitrogens is 1. The molecule has 0 spiro atoms. The summed E-state index contributed by atoms with van der Waals surface area (Å²) in [5.74, 6) is -0.465. The van der Waals surface area contributed by atoms with Crippen LogP contribution in [-0.2, 0) is 4.74 Å². The van der Waals surface area contributed by atoms with E-state index in [1.807, 2.05) is 37.3 Å². The summed E-state index contributed by atoms with van der Waals surface area (Å²) in [6.45, 7) is 6.75. The van der Waals surface area contributed by atoms with Crippen LogP contribution in [0.2, 0.25) is 0 Å². The highest BCUT2D eigenvalue weighted by atomic mass is 35.5. The van der Waals surface area contributed by atoms with Gasteiger partial charge < -0.3 is 4.74 Å².